The van der Waals surface area contributed by atoms with Crippen molar-refractivity contribution in [2.24, 2.45) is 0 Å². The van der Waals surface area contributed by atoms with Crippen LogP contribution in [0, 0.1) is 0 Å². The standard InChI is InChI=1S/C24H23ClF3N3O2/c25-20-7-2-1-6-19(20)21-15-29-22(33-21)8-9-23(32)31-12-10-30(11-13-31)16-17-4-3-5-18(14-17)24(26,27)28/h1-7,14-15H,8-13,16H2. The van der Waals surface area contributed by atoms with Gasteiger partial charge in [0.25, 0.3) is 0 Å². The number of aromatic nitrogens is 1. The van der Waals surface area contributed by atoms with E-state index in [1.54, 1.807) is 23.2 Å². The Morgan fingerprint density at radius 3 is 2.55 bits per heavy atom. The van der Waals surface area contributed by atoms with Gasteiger partial charge in [-0.3, -0.25) is 9.69 Å². The second-order valence-corrected chi connectivity index (χ2v) is 8.36. The highest BCUT2D eigenvalue weighted by Crippen LogP contribution is 2.30. The summed E-state index contributed by atoms with van der Waals surface area (Å²) in [5, 5.41) is 0.569. The van der Waals surface area contributed by atoms with E-state index < -0.39 is 11.7 Å². The number of carbonyl (C=O) groups is 1. The second kappa shape index (κ2) is 9.97. The molecule has 0 aliphatic carbocycles. The number of rotatable bonds is 6. The zero-order chi connectivity index (χ0) is 23.4. The normalized spacial score (nSPS) is 15.1. The average molecular weight is 478 g/mol. The van der Waals surface area contributed by atoms with Crippen LogP contribution in [0.25, 0.3) is 11.3 Å². The number of benzene rings is 2. The molecule has 1 amide bonds. The topological polar surface area (TPSA) is 49.6 Å². The molecule has 0 saturated carbocycles. The summed E-state index contributed by atoms with van der Waals surface area (Å²) in [4.78, 5) is 20.7. The van der Waals surface area contributed by atoms with Gasteiger partial charge in [0.15, 0.2) is 11.7 Å². The van der Waals surface area contributed by atoms with Crippen molar-refractivity contribution in [3.8, 4) is 11.3 Å². The molecule has 0 N–H and O–H groups in total. The Balaban J connectivity index is 1.25. The molecule has 1 aliphatic heterocycles. The number of nitrogens with zero attached hydrogens (tertiary/aromatic N) is 3. The second-order valence-electron chi connectivity index (χ2n) is 7.95. The van der Waals surface area contributed by atoms with E-state index in [-0.39, 0.29) is 12.3 Å². The molecule has 9 heteroatoms. The van der Waals surface area contributed by atoms with Crippen molar-refractivity contribution in [1.29, 1.82) is 0 Å². The summed E-state index contributed by atoms with van der Waals surface area (Å²) in [7, 11) is 0. The minimum absolute atomic E-state index is 0.00575. The van der Waals surface area contributed by atoms with Gasteiger partial charge in [-0.25, -0.2) is 4.98 Å². The maximum absolute atomic E-state index is 12.9. The SMILES string of the molecule is O=C(CCc1ncc(-c2ccccc2Cl)o1)N1CCN(Cc2cccc(C(F)(F)F)c2)CC1. The van der Waals surface area contributed by atoms with Crippen LogP contribution in [-0.2, 0) is 23.9 Å². The van der Waals surface area contributed by atoms with E-state index in [4.69, 9.17) is 16.0 Å². The van der Waals surface area contributed by atoms with Crippen LogP contribution in [0.15, 0.2) is 59.1 Å². The van der Waals surface area contributed by atoms with Crippen molar-refractivity contribution < 1.29 is 22.4 Å². The molecule has 0 radical (unpaired) electrons. The number of oxazole rings is 1. The number of aryl methyl sites for hydroxylation is 1. The van der Waals surface area contributed by atoms with Gasteiger partial charge in [0.05, 0.1) is 16.8 Å². The number of hydrogen-bond donors (Lipinski definition) is 0. The molecule has 3 aromatic rings. The fraction of sp³-hybridized carbons (Fsp3) is 0.333. The van der Waals surface area contributed by atoms with E-state index in [0.717, 1.165) is 11.6 Å². The predicted octanol–water partition coefficient (Wildman–Crippen LogP) is 5.29. The highest BCUT2D eigenvalue weighted by atomic mass is 35.5. The summed E-state index contributed by atoms with van der Waals surface area (Å²) in [5.74, 6) is 1.04. The van der Waals surface area contributed by atoms with Crippen molar-refractivity contribution in [3.63, 3.8) is 0 Å². The maximum atomic E-state index is 12.9. The number of halogens is 4. The highest BCUT2D eigenvalue weighted by molar-refractivity contribution is 6.33. The van der Waals surface area contributed by atoms with Crippen LogP contribution in [0.4, 0.5) is 13.2 Å². The highest BCUT2D eigenvalue weighted by Gasteiger charge is 2.30. The summed E-state index contributed by atoms with van der Waals surface area (Å²) in [5.41, 5.74) is 0.724. The van der Waals surface area contributed by atoms with Gasteiger partial charge in [-0.1, -0.05) is 41.9 Å². The lowest BCUT2D eigenvalue weighted by molar-refractivity contribution is -0.137. The first-order valence-corrected chi connectivity index (χ1v) is 11.0. The van der Waals surface area contributed by atoms with Crippen LogP contribution in [-0.4, -0.2) is 46.9 Å². The van der Waals surface area contributed by atoms with Crippen molar-refractivity contribution >= 4 is 17.5 Å². The zero-order valence-electron chi connectivity index (χ0n) is 17.8. The lowest BCUT2D eigenvalue weighted by Gasteiger charge is -2.34. The van der Waals surface area contributed by atoms with Gasteiger partial charge >= 0.3 is 6.18 Å². The minimum Gasteiger partial charge on any atom is -0.441 e. The number of piperazine rings is 1. The number of hydrogen-bond acceptors (Lipinski definition) is 4. The summed E-state index contributed by atoms with van der Waals surface area (Å²) < 4.78 is 44.5. The van der Waals surface area contributed by atoms with Crippen LogP contribution in [0.3, 0.4) is 0 Å². The first kappa shape index (κ1) is 23.3. The summed E-state index contributed by atoms with van der Waals surface area (Å²) in [6.07, 6.45) is -2.09. The molecule has 2 aromatic carbocycles. The van der Waals surface area contributed by atoms with E-state index in [0.29, 0.717) is 61.4 Å². The van der Waals surface area contributed by atoms with Crippen LogP contribution in [0.2, 0.25) is 5.02 Å². The summed E-state index contributed by atoms with van der Waals surface area (Å²) >= 11 is 6.19. The smallest absolute Gasteiger partial charge is 0.416 e. The Bertz CT molecular complexity index is 1110. The van der Waals surface area contributed by atoms with Gasteiger partial charge in [-0.05, 0) is 23.8 Å². The molecular formula is C24H23ClF3N3O2. The van der Waals surface area contributed by atoms with Gasteiger partial charge in [0.1, 0.15) is 0 Å². The van der Waals surface area contributed by atoms with Crippen LogP contribution in [0.1, 0.15) is 23.4 Å². The Kier molecular flexibility index (Phi) is 7.05. The fourth-order valence-corrected chi connectivity index (χ4v) is 4.07. The molecule has 1 aliphatic rings. The quantitative estimate of drug-likeness (QED) is 0.484. The number of carbonyl (C=O) groups excluding carboxylic acids is 1. The van der Waals surface area contributed by atoms with Crippen LogP contribution in [0.5, 0.6) is 0 Å². The first-order valence-electron chi connectivity index (χ1n) is 10.7. The zero-order valence-corrected chi connectivity index (χ0v) is 18.6. The van der Waals surface area contributed by atoms with Gasteiger partial charge in [-0.2, -0.15) is 13.2 Å². The van der Waals surface area contributed by atoms with E-state index in [9.17, 15) is 18.0 Å². The van der Waals surface area contributed by atoms with Gasteiger partial charge < -0.3 is 9.32 Å². The molecule has 4 rings (SSSR count). The van der Waals surface area contributed by atoms with Crippen molar-refractivity contribution in [3.05, 3.63) is 76.8 Å². The molecule has 0 spiro atoms. The number of amides is 1. The third kappa shape index (κ3) is 5.94. The monoisotopic (exact) mass is 477 g/mol. The van der Waals surface area contributed by atoms with E-state index in [2.05, 4.69) is 9.88 Å². The lowest BCUT2D eigenvalue weighted by Crippen LogP contribution is -2.48. The molecule has 1 aromatic heterocycles. The first-order chi connectivity index (χ1) is 15.8. The molecule has 33 heavy (non-hydrogen) atoms. The molecule has 2 heterocycles. The lowest BCUT2D eigenvalue weighted by atomic mass is 10.1. The van der Waals surface area contributed by atoms with Crippen molar-refractivity contribution in [1.82, 2.24) is 14.8 Å². The van der Waals surface area contributed by atoms with E-state index >= 15 is 0 Å². The third-order valence-corrected chi connectivity index (χ3v) is 5.96. The Hall–Kier alpha value is -2.84. The Morgan fingerprint density at radius 1 is 1.06 bits per heavy atom. The molecule has 0 unspecified atom stereocenters. The van der Waals surface area contributed by atoms with Gasteiger partial charge in [0, 0.05) is 51.1 Å². The van der Waals surface area contributed by atoms with Crippen molar-refractivity contribution in [2.45, 2.75) is 25.6 Å². The predicted molar refractivity (Wildman–Crippen MR) is 119 cm³/mol. The molecule has 5 nitrogen and oxygen atoms in total. The van der Waals surface area contributed by atoms with E-state index in [1.165, 1.54) is 12.1 Å². The largest absolute Gasteiger partial charge is 0.441 e. The molecule has 1 fully saturated rings. The fourth-order valence-electron chi connectivity index (χ4n) is 3.84. The van der Waals surface area contributed by atoms with Crippen molar-refractivity contribution in [2.75, 3.05) is 26.2 Å². The van der Waals surface area contributed by atoms with Gasteiger partial charge in [0.2, 0.25) is 5.91 Å². The third-order valence-electron chi connectivity index (χ3n) is 5.63. The minimum atomic E-state index is -4.35. The molecule has 0 atom stereocenters. The maximum Gasteiger partial charge on any atom is 0.416 e. The average Bonchev–Trinajstić information content (AvgIpc) is 3.27. The summed E-state index contributed by atoms with van der Waals surface area (Å²) in [6, 6.07) is 12.7. The summed E-state index contributed by atoms with van der Waals surface area (Å²) in [6.45, 7) is 2.71. The van der Waals surface area contributed by atoms with E-state index in [1.807, 2.05) is 18.2 Å². The Labute approximate surface area is 194 Å². The van der Waals surface area contributed by atoms with Gasteiger partial charge in [-0.15, -0.1) is 0 Å². The van der Waals surface area contributed by atoms with Crippen LogP contribution < -0.4 is 0 Å². The molecule has 174 valence electrons. The number of alkyl halides is 3. The Morgan fingerprint density at radius 2 is 1.82 bits per heavy atom. The molecule has 0 bridgehead atoms. The molecular weight excluding hydrogens is 455 g/mol. The van der Waals surface area contributed by atoms with Crippen LogP contribution >= 0.6 is 11.6 Å². The molecule has 1 saturated heterocycles.